The first kappa shape index (κ1) is 11.8. The molecule has 0 aliphatic rings. The minimum Gasteiger partial charge on any atom is -0.397 e. The molecule has 0 aliphatic carbocycles. The SMILES string of the molecule is CC(CC#N)N(C)c1ncc(N)cc1Br. The Bertz CT molecular complexity index is 385. The standard InChI is InChI=1S/C10H13BrN4/c1-7(3-4-12)15(2)10-9(11)5-8(13)6-14-10/h5-7H,3,13H2,1-2H3. The van der Waals surface area contributed by atoms with Gasteiger partial charge in [0.2, 0.25) is 0 Å². The lowest BCUT2D eigenvalue weighted by Crippen LogP contribution is -2.29. The summed E-state index contributed by atoms with van der Waals surface area (Å²) in [6.45, 7) is 1.98. The number of pyridine rings is 1. The van der Waals surface area contributed by atoms with E-state index in [-0.39, 0.29) is 6.04 Å². The van der Waals surface area contributed by atoms with Crippen LogP contribution in [0, 0.1) is 11.3 Å². The molecule has 0 amide bonds. The van der Waals surface area contributed by atoms with Crippen molar-refractivity contribution in [3.05, 3.63) is 16.7 Å². The van der Waals surface area contributed by atoms with Crippen LogP contribution in [0.25, 0.3) is 0 Å². The zero-order valence-corrected chi connectivity index (χ0v) is 10.3. The summed E-state index contributed by atoms with van der Waals surface area (Å²) in [5, 5.41) is 8.62. The molecule has 5 heteroatoms. The summed E-state index contributed by atoms with van der Waals surface area (Å²) in [6, 6.07) is 4.07. The van der Waals surface area contributed by atoms with Crippen molar-refractivity contribution in [2.24, 2.45) is 0 Å². The van der Waals surface area contributed by atoms with E-state index >= 15 is 0 Å². The predicted molar refractivity (Wildman–Crippen MR) is 64.4 cm³/mol. The molecule has 1 atom stereocenters. The highest BCUT2D eigenvalue weighted by Gasteiger charge is 2.13. The van der Waals surface area contributed by atoms with E-state index in [9.17, 15) is 0 Å². The van der Waals surface area contributed by atoms with Crippen LogP contribution >= 0.6 is 15.9 Å². The highest BCUT2D eigenvalue weighted by molar-refractivity contribution is 9.10. The van der Waals surface area contributed by atoms with Gasteiger partial charge in [0.25, 0.3) is 0 Å². The number of halogens is 1. The van der Waals surface area contributed by atoms with Gasteiger partial charge in [0.15, 0.2) is 0 Å². The normalized spacial score (nSPS) is 11.9. The topological polar surface area (TPSA) is 65.9 Å². The second kappa shape index (κ2) is 4.99. The third kappa shape index (κ3) is 2.83. The summed E-state index contributed by atoms with van der Waals surface area (Å²) < 4.78 is 0.842. The molecule has 1 rings (SSSR count). The van der Waals surface area contributed by atoms with Crippen molar-refractivity contribution in [1.82, 2.24) is 4.98 Å². The van der Waals surface area contributed by atoms with E-state index in [0.29, 0.717) is 12.1 Å². The van der Waals surface area contributed by atoms with Crippen LogP contribution in [0.2, 0.25) is 0 Å². The lowest BCUT2D eigenvalue weighted by Gasteiger charge is -2.24. The number of nitrogens with two attached hydrogens (primary N) is 1. The van der Waals surface area contributed by atoms with E-state index in [4.69, 9.17) is 11.0 Å². The molecule has 0 spiro atoms. The Balaban J connectivity index is 2.91. The van der Waals surface area contributed by atoms with Crippen LogP contribution in [0.15, 0.2) is 16.7 Å². The summed E-state index contributed by atoms with van der Waals surface area (Å²) in [4.78, 5) is 6.18. The fourth-order valence-electron chi connectivity index (χ4n) is 1.18. The van der Waals surface area contributed by atoms with Crippen molar-refractivity contribution in [2.75, 3.05) is 17.7 Å². The van der Waals surface area contributed by atoms with Crippen LogP contribution < -0.4 is 10.6 Å². The fraction of sp³-hybridized carbons (Fsp3) is 0.400. The Morgan fingerprint density at radius 2 is 2.40 bits per heavy atom. The van der Waals surface area contributed by atoms with Crippen molar-refractivity contribution in [2.45, 2.75) is 19.4 Å². The third-order valence-corrected chi connectivity index (χ3v) is 2.81. The molecule has 15 heavy (non-hydrogen) atoms. The van der Waals surface area contributed by atoms with Crippen molar-refractivity contribution in [1.29, 1.82) is 5.26 Å². The zero-order valence-electron chi connectivity index (χ0n) is 8.74. The molecule has 0 aromatic carbocycles. The molecule has 1 aromatic heterocycles. The van der Waals surface area contributed by atoms with Crippen molar-refractivity contribution in [3.63, 3.8) is 0 Å². The molecule has 0 saturated carbocycles. The molecule has 1 unspecified atom stereocenters. The van der Waals surface area contributed by atoms with Crippen molar-refractivity contribution < 1.29 is 0 Å². The van der Waals surface area contributed by atoms with Gasteiger partial charge in [-0.3, -0.25) is 0 Å². The number of aromatic nitrogens is 1. The first-order chi connectivity index (χ1) is 7.06. The highest BCUT2D eigenvalue weighted by atomic mass is 79.9. The molecular formula is C10H13BrN4. The van der Waals surface area contributed by atoms with Crippen LogP contribution in [-0.2, 0) is 0 Å². The zero-order chi connectivity index (χ0) is 11.4. The monoisotopic (exact) mass is 268 g/mol. The molecule has 0 saturated heterocycles. The van der Waals surface area contributed by atoms with E-state index in [1.165, 1.54) is 0 Å². The predicted octanol–water partition coefficient (Wildman–Crippen LogP) is 2.16. The van der Waals surface area contributed by atoms with Crippen molar-refractivity contribution in [3.8, 4) is 6.07 Å². The number of rotatable bonds is 3. The second-order valence-corrected chi connectivity index (χ2v) is 4.25. The Morgan fingerprint density at radius 3 is 2.93 bits per heavy atom. The summed E-state index contributed by atoms with van der Waals surface area (Å²) in [7, 11) is 1.91. The number of nitrogen functional groups attached to an aromatic ring is 1. The quantitative estimate of drug-likeness (QED) is 0.913. The van der Waals surface area contributed by atoms with E-state index < -0.39 is 0 Å². The molecule has 1 heterocycles. The lowest BCUT2D eigenvalue weighted by atomic mass is 10.2. The maximum atomic E-state index is 8.62. The maximum absolute atomic E-state index is 8.62. The Hall–Kier alpha value is -1.28. The molecule has 2 N–H and O–H groups in total. The van der Waals surface area contributed by atoms with Gasteiger partial charge in [0.1, 0.15) is 5.82 Å². The van der Waals surface area contributed by atoms with Gasteiger partial charge in [0.05, 0.1) is 28.8 Å². The van der Waals surface area contributed by atoms with E-state index in [2.05, 4.69) is 27.0 Å². The third-order valence-electron chi connectivity index (χ3n) is 2.22. The largest absolute Gasteiger partial charge is 0.397 e. The Kier molecular flexibility index (Phi) is 3.92. The molecule has 0 fully saturated rings. The molecule has 1 aromatic rings. The molecule has 0 aliphatic heterocycles. The number of anilines is 2. The van der Waals surface area contributed by atoms with Gasteiger partial charge in [-0.2, -0.15) is 5.26 Å². The van der Waals surface area contributed by atoms with Gasteiger partial charge >= 0.3 is 0 Å². The molecule has 0 bridgehead atoms. The number of hydrogen-bond donors (Lipinski definition) is 1. The summed E-state index contributed by atoms with van der Waals surface area (Å²) in [6.07, 6.45) is 2.07. The Morgan fingerprint density at radius 1 is 1.73 bits per heavy atom. The molecular weight excluding hydrogens is 256 g/mol. The summed E-state index contributed by atoms with van der Waals surface area (Å²) >= 11 is 3.40. The Labute approximate surface area is 97.8 Å². The van der Waals surface area contributed by atoms with Gasteiger partial charge in [0, 0.05) is 13.1 Å². The minimum absolute atomic E-state index is 0.127. The van der Waals surface area contributed by atoms with Gasteiger partial charge in [-0.05, 0) is 28.9 Å². The fourth-order valence-corrected chi connectivity index (χ4v) is 1.83. The molecule has 4 nitrogen and oxygen atoms in total. The van der Waals surface area contributed by atoms with Gasteiger partial charge < -0.3 is 10.6 Å². The van der Waals surface area contributed by atoms with E-state index in [1.54, 1.807) is 12.3 Å². The van der Waals surface area contributed by atoms with Gasteiger partial charge in [-0.25, -0.2) is 4.98 Å². The average molecular weight is 269 g/mol. The van der Waals surface area contributed by atoms with Crippen LogP contribution in [0.3, 0.4) is 0 Å². The van der Waals surface area contributed by atoms with E-state index in [0.717, 1.165) is 10.3 Å². The smallest absolute Gasteiger partial charge is 0.143 e. The summed E-state index contributed by atoms with van der Waals surface area (Å²) in [5.41, 5.74) is 6.22. The first-order valence-electron chi connectivity index (χ1n) is 4.57. The second-order valence-electron chi connectivity index (χ2n) is 3.40. The first-order valence-corrected chi connectivity index (χ1v) is 5.36. The molecule has 80 valence electrons. The highest BCUT2D eigenvalue weighted by Crippen LogP contribution is 2.26. The number of hydrogen-bond acceptors (Lipinski definition) is 4. The van der Waals surface area contributed by atoms with Crippen LogP contribution in [0.5, 0.6) is 0 Å². The van der Waals surface area contributed by atoms with Crippen LogP contribution in [0.4, 0.5) is 11.5 Å². The molecule has 0 radical (unpaired) electrons. The van der Waals surface area contributed by atoms with Crippen LogP contribution in [-0.4, -0.2) is 18.1 Å². The van der Waals surface area contributed by atoms with Crippen LogP contribution in [0.1, 0.15) is 13.3 Å². The van der Waals surface area contributed by atoms with Gasteiger partial charge in [-0.15, -0.1) is 0 Å². The van der Waals surface area contributed by atoms with Gasteiger partial charge in [-0.1, -0.05) is 0 Å². The van der Waals surface area contributed by atoms with E-state index in [1.807, 2.05) is 18.9 Å². The maximum Gasteiger partial charge on any atom is 0.143 e. The summed E-state index contributed by atoms with van der Waals surface area (Å²) in [5.74, 6) is 0.798. The van der Waals surface area contributed by atoms with Crippen molar-refractivity contribution >= 4 is 27.4 Å². The average Bonchev–Trinajstić information content (AvgIpc) is 2.17. The lowest BCUT2D eigenvalue weighted by molar-refractivity contribution is 0.693. The number of nitriles is 1. The minimum atomic E-state index is 0.127. The number of nitrogens with zero attached hydrogens (tertiary/aromatic N) is 3.